The topological polar surface area (TPSA) is 110 Å². The molecule has 0 bridgehead atoms. The number of carbonyl (C=O) groups excluding carboxylic acids is 3. The highest BCUT2D eigenvalue weighted by Gasteiger charge is 2.26. The molecule has 0 spiro atoms. The lowest BCUT2D eigenvalue weighted by Crippen LogP contribution is -2.26. The number of benzene rings is 2. The van der Waals surface area contributed by atoms with E-state index >= 15 is 0 Å². The molecule has 31 heavy (non-hydrogen) atoms. The number of Topliss-reactive ketones (excluding diaryl/α,β-unsaturated/α-hetero) is 1. The van der Waals surface area contributed by atoms with Crippen molar-refractivity contribution in [2.45, 2.75) is 25.9 Å². The van der Waals surface area contributed by atoms with Crippen molar-refractivity contribution in [2.24, 2.45) is 0 Å². The van der Waals surface area contributed by atoms with Gasteiger partial charge in [-0.25, -0.2) is 13.2 Å². The van der Waals surface area contributed by atoms with Crippen molar-refractivity contribution in [2.75, 3.05) is 22.4 Å². The van der Waals surface area contributed by atoms with Crippen molar-refractivity contribution in [1.82, 2.24) is 0 Å². The van der Waals surface area contributed by atoms with Crippen molar-refractivity contribution >= 4 is 50.7 Å². The molecule has 1 atom stereocenters. The molecule has 1 heterocycles. The fourth-order valence-corrected chi connectivity index (χ4v) is 3.97. The van der Waals surface area contributed by atoms with Gasteiger partial charge in [-0.15, -0.1) is 0 Å². The van der Waals surface area contributed by atoms with Gasteiger partial charge in [0.25, 0.3) is 0 Å². The lowest BCUT2D eigenvalue weighted by atomic mass is 10.1. The predicted octanol–water partition coefficient (Wildman–Crippen LogP) is 3.27. The minimum Gasteiger partial charge on any atom is -0.451 e. The van der Waals surface area contributed by atoms with Crippen molar-refractivity contribution < 1.29 is 27.5 Å². The number of anilines is 2. The Morgan fingerprint density at radius 3 is 2.35 bits per heavy atom. The summed E-state index contributed by atoms with van der Waals surface area (Å²) in [6, 6.07) is 10.2. The van der Waals surface area contributed by atoms with Crippen LogP contribution in [0.25, 0.3) is 0 Å². The van der Waals surface area contributed by atoms with Crippen molar-refractivity contribution in [3.63, 3.8) is 0 Å². The Morgan fingerprint density at radius 1 is 1.13 bits per heavy atom. The third-order valence-electron chi connectivity index (χ3n) is 4.67. The van der Waals surface area contributed by atoms with E-state index in [1.54, 1.807) is 0 Å². The van der Waals surface area contributed by atoms with E-state index in [1.807, 2.05) is 0 Å². The number of halogens is 1. The van der Waals surface area contributed by atoms with E-state index in [9.17, 15) is 22.8 Å². The molecule has 1 fully saturated rings. The van der Waals surface area contributed by atoms with E-state index < -0.39 is 27.9 Å². The van der Waals surface area contributed by atoms with E-state index in [-0.39, 0.29) is 17.0 Å². The molecule has 0 saturated carbocycles. The quantitative estimate of drug-likeness (QED) is 0.497. The maximum Gasteiger partial charge on any atom is 0.338 e. The SMILES string of the molecule is CC(OC(=O)c1ccc(Cl)c(N2CCCC2=O)c1)C(=O)c1ccc(NS(C)(=O)=O)cc1. The maximum atomic E-state index is 12.6. The molecule has 1 amide bonds. The summed E-state index contributed by atoms with van der Waals surface area (Å²) in [6.45, 7) is 1.97. The summed E-state index contributed by atoms with van der Waals surface area (Å²) >= 11 is 6.19. The van der Waals surface area contributed by atoms with Gasteiger partial charge in [0.1, 0.15) is 0 Å². The fraction of sp³-hybridized carbons (Fsp3) is 0.286. The first-order chi connectivity index (χ1) is 14.5. The lowest BCUT2D eigenvalue weighted by Gasteiger charge is -2.18. The Balaban J connectivity index is 1.70. The normalized spacial score (nSPS) is 14.9. The Labute approximate surface area is 185 Å². The molecule has 0 radical (unpaired) electrons. The predicted molar refractivity (Wildman–Crippen MR) is 117 cm³/mol. The number of hydrogen-bond acceptors (Lipinski definition) is 6. The van der Waals surface area contributed by atoms with Gasteiger partial charge in [-0.3, -0.25) is 14.3 Å². The number of nitrogens with one attached hydrogen (secondary N) is 1. The highest BCUT2D eigenvalue weighted by Crippen LogP contribution is 2.30. The number of hydrogen-bond donors (Lipinski definition) is 1. The van der Waals surface area contributed by atoms with E-state index in [4.69, 9.17) is 16.3 Å². The van der Waals surface area contributed by atoms with Crippen LogP contribution in [0.3, 0.4) is 0 Å². The lowest BCUT2D eigenvalue weighted by molar-refractivity contribution is -0.117. The molecule has 164 valence electrons. The molecule has 1 aliphatic heterocycles. The summed E-state index contributed by atoms with van der Waals surface area (Å²) in [4.78, 5) is 38.7. The van der Waals surface area contributed by atoms with Gasteiger partial charge in [-0.05, 0) is 55.8 Å². The van der Waals surface area contributed by atoms with Gasteiger partial charge in [0.15, 0.2) is 6.10 Å². The first kappa shape index (κ1) is 22.8. The zero-order valence-electron chi connectivity index (χ0n) is 16.9. The summed E-state index contributed by atoms with van der Waals surface area (Å²) in [5.41, 5.74) is 1.19. The second-order valence-corrected chi connectivity index (χ2v) is 9.33. The Hall–Kier alpha value is -2.91. The second-order valence-electron chi connectivity index (χ2n) is 7.18. The minimum atomic E-state index is -3.43. The number of ketones is 1. The van der Waals surface area contributed by atoms with E-state index in [2.05, 4.69) is 4.72 Å². The van der Waals surface area contributed by atoms with Gasteiger partial charge < -0.3 is 9.64 Å². The molecular weight excluding hydrogens is 444 g/mol. The molecule has 1 N–H and O–H groups in total. The molecule has 3 rings (SSSR count). The Kier molecular flexibility index (Phi) is 6.66. The van der Waals surface area contributed by atoms with E-state index in [0.29, 0.717) is 35.8 Å². The van der Waals surface area contributed by atoms with Crippen LogP contribution in [0.2, 0.25) is 5.02 Å². The fourth-order valence-electron chi connectivity index (χ4n) is 3.18. The molecule has 1 aliphatic rings. The number of amides is 1. The van der Waals surface area contributed by atoms with Gasteiger partial charge in [0.05, 0.1) is 22.5 Å². The van der Waals surface area contributed by atoms with Gasteiger partial charge >= 0.3 is 5.97 Å². The van der Waals surface area contributed by atoms with Crippen LogP contribution in [0.4, 0.5) is 11.4 Å². The van der Waals surface area contributed by atoms with Crippen LogP contribution in [-0.2, 0) is 19.6 Å². The van der Waals surface area contributed by atoms with Crippen LogP contribution in [0.5, 0.6) is 0 Å². The van der Waals surface area contributed by atoms with Crippen LogP contribution in [0, 0.1) is 0 Å². The number of sulfonamides is 1. The largest absolute Gasteiger partial charge is 0.451 e. The minimum absolute atomic E-state index is 0.0650. The van der Waals surface area contributed by atoms with Crippen molar-refractivity contribution in [3.8, 4) is 0 Å². The first-order valence-corrected chi connectivity index (χ1v) is 11.7. The average molecular weight is 465 g/mol. The third-order valence-corrected chi connectivity index (χ3v) is 5.60. The van der Waals surface area contributed by atoms with Crippen LogP contribution in [0.1, 0.15) is 40.5 Å². The first-order valence-electron chi connectivity index (χ1n) is 9.48. The highest BCUT2D eigenvalue weighted by atomic mass is 35.5. The zero-order valence-corrected chi connectivity index (χ0v) is 18.5. The summed E-state index contributed by atoms with van der Waals surface area (Å²) in [5, 5.41) is 0.346. The van der Waals surface area contributed by atoms with Gasteiger partial charge in [0, 0.05) is 24.2 Å². The molecule has 1 unspecified atom stereocenters. The molecule has 2 aromatic carbocycles. The van der Waals surface area contributed by atoms with Crippen LogP contribution >= 0.6 is 11.6 Å². The monoisotopic (exact) mass is 464 g/mol. The maximum absolute atomic E-state index is 12.6. The Bertz CT molecular complexity index is 1130. The number of ether oxygens (including phenoxy) is 1. The summed E-state index contributed by atoms with van der Waals surface area (Å²) in [5.74, 6) is -1.23. The molecule has 1 saturated heterocycles. The standard InChI is InChI=1S/C21H21ClN2O6S/c1-13(20(26)14-5-8-16(9-6-14)23-31(2,28)29)30-21(27)15-7-10-17(22)18(12-15)24-11-3-4-19(24)25/h5-10,12-13,23H,3-4,11H2,1-2H3. The van der Waals surface area contributed by atoms with Gasteiger partial charge in [-0.1, -0.05) is 11.6 Å². The molecule has 0 aromatic heterocycles. The van der Waals surface area contributed by atoms with Crippen LogP contribution in [0.15, 0.2) is 42.5 Å². The second kappa shape index (κ2) is 9.07. The highest BCUT2D eigenvalue weighted by molar-refractivity contribution is 7.92. The zero-order chi connectivity index (χ0) is 22.8. The smallest absolute Gasteiger partial charge is 0.338 e. The summed E-state index contributed by atoms with van der Waals surface area (Å²) in [6.07, 6.45) is 1.09. The number of rotatable bonds is 7. The number of esters is 1. The molecule has 10 heteroatoms. The van der Waals surface area contributed by atoms with Crippen molar-refractivity contribution in [1.29, 1.82) is 0 Å². The Morgan fingerprint density at radius 2 is 1.77 bits per heavy atom. The molecule has 2 aromatic rings. The van der Waals surface area contributed by atoms with Crippen molar-refractivity contribution in [3.05, 3.63) is 58.6 Å². The molecule has 0 aliphatic carbocycles. The van der Waals surface area contributed by atoms with E-state index in [1.165, 1.54) is 54.3 Å². The number of nitrogens with zero attached hydrogens (tertiary/aromatic N) is 1. The van der Waals surface area contributed by atoms with Crippen LogP contribution in [-0.4, -0.2) is 45.0 Å². The summed E-state index contributed by atoms with van der Waals surface area (Å²) in [7, 11) is -3.43. The van der Waals surface area contributed by atoms with Crippen LogP contribution < -0.4 is 9.62 Å². The molecular formula is C21H21ClN2O6S. The molecule has 8 nitrogen and oxygen atoms in total. The third kappa shape index (κ3) is 5.62. The van der Waals surface area contributed by atoms with Gasteiger partial charge in [-0.2, -0.15) is 0 Å². The average Bonchev–Trinajstić information content (AvgIpc) is 3.12. The summed E-state index contributed by atoms with van der Waals surface area (Å²) < 4.78 is 30.1. The van der Waals surface area contributed by atoms with Gasteiger partial charge in [0.2, 0.25) is 21.7 Å². The number of carbonyl (C=O) groups is 3. The van der Waals surface area contributed by atoms with E-state index in [0.717, 1.165) is 6.26 Å².